The molecule has 1 fully saturated rings. The van der Waals surface area contributed by atoms with Gasteiger partial charge in [0.1, 0.15) is 0 Å². The van der Waals surface area contributed by atoms with Gasteiger partial charge in [0.2, 0.25) is 5.91 Å². The number of halogens is 1. The Balaban J connectivity index is 2.00. The molecule has 1 saturated carbocycles. The van der Waals surface area contributed by atoms with Gasteiger partial charge in [0.05, 0.1) is 12.2 Å². The number of aliphatic carboxylic acids is 1. The van der Waals surface area contributed by atoms with Crippen LogP contribution >= 0.6 is 0 Å². The summed E-state index contributed by atoms with van der Waals surface area (Å²) < 4.78 is 27.5. The molecule has 4 rings (SSSR count). The first-order chi connectivity index (χ1) is 20.2. The molecule has 1 amide bonds. The number of aryl methyl sites for hydroxylation is 2. The molecule has 0 radical (unpaired) electrons. The number of ether oxygens (including phenoxy) is 2. The van der Waals surface area contributed by atoms with Crippen molar-refractivity contribution in [2.24, 2.45) is 0 Å². The SMILES string of the molecule is CCN(C(=O)/C(C)=C/c1c(C)nc(C)c([C@H](OC(C)(C)C)C(=O)O)c1-c1cc(F)c2c(c1C)CCCO2)C1CCCCC1. The summed E-state index contributed by atoms with van der Waals surface area (Å²) in [5.74, 6) is -1.45. The van der Waals surface area contributed by atoms with Gasteiger partial charge in [-0.15, -0.1) is 0 Å². The van der Waals surface area contributed by atoms with E-state index in [-0.39, 0.29) is 17.7 Å². The largest absolute Gasteiger partial charge is 0.490 e. The van der Waals surface area contributed by atoms with E-state index >= 15 is 4.39 Å². The zero-order valence-electron chi connectivity index (χ0n) is 27.0. The van der Waals surface area contributed by atoms with E-state index in [4.69, 9.17) is 14.5 Å². The number of carbonyl (C=O) groups excluding carboxylic acids is 1. The van der Waals surface area contributed by atoms with E-state index in [1.54, 1.807) is 40.7 Å². The van der Waals surface area contributed by atoms with Gasteiger partial charge in [-0.2, -0.15) is 0 Å². The molecule has 0 unspecified atom stereocenters. The highest BCUT2D eigenvalue weighted by atomic mass is 19.1. The summed E-state index contributed by atoms with van der Waals surface area (Å²) in [6.07, 6.45) is 7.26. The second kappa shape index (κ2) is 13.2. The van der Waals surface area contributed by atoms with E-state index in [1.807, 2.05) is 25.7 Å². The maximum atomic E-state index is 15.7. The number of fused-ring (bicyclic) bond motifs is 1. The minimum absolute atomic E-state index is 0.0515. The Morgan fingerprint density at radius 2 is 1.84 bits per heavy atom. The van der Waals surface area contributed by atoms with Gasteiger partial charge < -0.3 is 19.5 Å². The first-order valence-corrected chi connectivity index (χ1v) is 15.6. The number of benzene rings is 1. The number of carboxylic acid groups (broad SMARTS) is 1. The maximum Gasteiger partial charge on any atom is 0.337 e. The summed E-state index contributed by atoms with van der Waals surface area (Å²) in [5, 5.41) is 10.5. The molecule has 2 heterocycles. The van der Waals surface area contributed by atoms with Gasteiger partial charge in [-0.25, -0.2) is 9.18 Å². The minimum atomic E-state index is -1.37. The highest BCUT2D eigenvalue weighted by molar-refractivity contribution is 5.99. The van der Waals surface area contributed by atoms with E-state index in [1.165, 1.54) is 12.5 Å². The Hall–Kier alpha value is -3.26. The molecule has 1 aromatic carbocycles. The number of hydrogen-bond acceptors (Lipinski definition) is 5. The second-order valence-electron chi connectivity index (χ2n) is 12.9. The van der Waals surface area contributed by atoms with E-state index in [0.29, 0.717) is 58.8 Å². The number of pyridine rings is 1. The standard InChI is InChI=1S/C35H47FN2O5/c1-9-38(24-14-11-10-12-15-24)33(39)20(2)18-27-22(4)37-23(5)29(32(34(40)41)43-35(6,7)8)30(27)26-19-28(36)31-25(21(26)3)16-13-17-42-31/h18-19,24,32H,9-17H2,1-8H3,(H,40,41)/b20-18+/t32-/m0/s1. The smallest absolute Gasteiger partial charge is 0.337 e. The molecular formula is C35H47FN2O5. The fourth-order valence-corrected chi connectivity index (χ4v) is 6.64. The fraction of sp³-hybridized carbons (Fsp3) is 0.571. The van der Waals surface area contributed by atoms with Crippen LogP contribution in [0.1, 0.15) is 113 Å². The molecular weight excluding hydrogens is 547 g/mol. The van der Waals surface area contributed by atoms with Crippen LogP contribution in [-0.4, -0.2) is 51.7 Å². The van der Waals surface area contributed by atoms with Gasteiger partial charge in [-0.05, 0) is 110 Å². The molecule has 1 atom stereocenters. The van der Waals surface area contributed by atoms with Crippen LogP contribution in [0.5, 0.6) is 5.75 Å². The van der Waals surface area contributed by atoms with Gasteiger partial charge in [0, 0.05) is 46.2 Å². The van der Waals surface area contributed by atoms with Crippen molar-refractivity contribution < 1.29 is 28.6 Å². The highest BCUT2D eigenvalue weighted by Crippen LogP contribution is 2.44. The molecule has 2 aromatic rings. The topological polar surface area (TPSA) is 89.0 Å². The highest BCUT2D eigenvalue weighted by Gasteiger charge is 2.34. The molecule has 43 heavy (non-hydrogen) atoms. The normalized spacial score (nSPS) is 16.8. The first kappa shape index (κ1) is 32.6. The number of carboxylic acids is 1. The zero-order valence-corrected chi connectivity index (χ0v) is 27.0. The van der Waals surface area contributed by atoms with Crippen LogP contribution in [0.2, 0.25) is 0 Å². The summed E-state index contributed by atoms with van der Waals surface area (Å²) in [6, 6.07) is 1.64. The fourth-order valence-electron chi connectivity index (χ4n) is 6.64. The second-order valence-corrected chi connectivity index (χ2v) is 12.9. The number of amides is 1. The van der Waals surface area contributed by atoms with Gasteiger partial charge >= 0.3 is 5.97 Å². The van der Waals surface area contributed by atoms with Gasteiger partial charge in [0.15, 0.2) is 17.7 Å². The summed E-state index contributed by atoms with van der Waals surface area (Å²) in [6.45, 7) is 15.8. The number of nitrogens with zero attached hydrogens (tertiary/aromatic N) is 2. The maximum absolute atomic E-state index is 15.7. The van der Waals surface area contributed by atoms with E-state index in [0.717, 1.165) is 43.2 Å². The van der Waals surface area contributed by atoms with Gasteiger partial charge in [-0.3, -0.25) is 9.78 Å². The van der Waals surface area contributed by atoms with Crippen molar-refractivity contribution >= 4 is 18.0 Å². The number of likely N-dealkylation sites (N-methyl/N-ethyl adjacent to an activating group) is 1. The molecule has 0 bridgehead atoms. The van der Waals surface area contributed by atoms with Gasteiger partial charge in [0.25, 0.3) is 0 Å². The Bertz CT molecular complexity index is 1420. The lowest BCUT2D eigenvalue weighted by Gasteiger charge is -2.34. The van der Waals surface area contributed by atoms with Crippen molar-refractivity contribution in [1.29, 1.82) is 0 Å². The number of hydrogen-bond donors (Lipinski definition) is 1. The Morgan fingerprint density at radius 3 is 2.44 bits per heavy atom. The van der Waals surface area contributed by atoms with Gasteiger partial charge in [-0.1, -0.05) is 19.3 Å². The molecule has 8 heteroatoms. The molecule has 1 N–H and O–H groups in total. The molecule has 0 spiro atoms. The lowest BCUT2D eigenvalue weighted by Crippen LogP contribution is -2.41. The molecule has 1 aliphatic carbocycles. The number of rotatable bonds is 8. The third kappa shape index (κ3) is 6.95. The van der Waals surface area contributed by atoms with Crippen LogP contribution in [0.25, 0.3) is 17.2 Å². The number of carbonyl (C=O) groups is 2. The van der Waals surface area contributed by atoms with Crippen LogP contribution in [0.3, 0.4) is 0 Å². The van der Waals surface area contributed by atoms with E-state index in [2.05, 4.69) is 0 Å². The Labute approximate surface area is 255 Å². The van der Waals surface area contributed by atoms with Crippen molar-refractivity contribution in [2.45, 2.75) is 118 Å². The quantitative estimate of drug-likeness (QED) is 0.316. The van der Waals surface area contributed by atoms with Crippen LogP contribution in [-0.2, 0) is 20.7 Å². The average molecular weight is 595 g/mol. The van der Waals surface area contributed by atoms with Crippen LogP contribution in [0.15, 0.2) is 11.6 Å². The van der Waals surface area contributed by atoms with Crippen molar-refractivity contribution in [1.82, 2.24) is 9.88 Å². The lowest BCUT2D eigenvalue weighted by molar-refractivity contribution is -0.160. The predicted octanol–water partition coefficient (Wildman–Crippen LogP) is 7.66. The third-order valence-corrected chi connectivity index (χ3v) is 8.63. The summed E-state index contributed by atoms with van der Waals surface area (Å²) in [4.78, 5) is 33.4. The molecule has 2 aliphatic rings. The molecule has 0 saturated heterocycles. The van der Waals surface area contributed by atoms with Crippen molar-refractivity contribution in [2.75, 3.05) is 13.2 Å². The van der Waals surface area contributed by atoms with Crippen LogP contribution < -0.4 is 4.74 Å². The molecule has 7 nitrogen and oxygen atoms in total. The molecule has 1 aliphatic heterocycles. The average Bonchev–Trinajstić information content (AvgIpc) is 2.95. The Morgan fingerprint density at radius 1 is 1.16 bits per heavy atom. The van der Waals surface area contributed by atoms with Crippen molar-refractivity contribution in [3.63, 3.8) is 0 Å². The Kier molecular flexibility index (Phi) is 10.00. The summed E-state index contributed by atoms with van der Waals surface area (Å²) >= 11 is 0. The van der Waals surface area contributed by atoms with E-state index in [9.17, 15) is 14.7 Å². The van der Waals surface area contributed by atoms with Crippen LogP contribution in [0, 0.1) is 26.6 Å². The minimum Gasteiger partial charge on any atom is -0.490 e. The monoisotopic (exact) mass is 594 g/mol. The van der Waals surface area contributed by atoms with Crippen LogP contribution in [0.4, 0.5) is 4.39 Å². The molecule has 1 aromatic heterocycles. The predicted molar refractivity (Wildman–Crippen MR) is 167 cm³/mol. The first-order valence-electron chi connectivity index (χ1n) is 15.6. The van der Waals surface area contributed by atoms with Crippen molar-refractivity contribution in [3.05, 3.63) is 51.1 Å². The lowest BCUT2D eigenvalue weighted by atomic mass is 9.84. The zero-order chi connectivity index (χ0) is 31.6. The van der Waals surface area contributed by atoms with E-state index < -0.39 is 23.5 Å². The molecule has 234 valence electrons. The summed E-state index contributed by atoms with van der Waals surface area (Å²) in [5.41, 5.74) is 4.47. The number of aromatic nitrogens is 1. The van der Waals surface area contributed by atoms with Crippen molar-refractivity contribution in [3.8, 4) is 16.9 Å². The third-order valence-electron chi connectivity index (χ3n) is 8.63. The summed E-state index contributed by atoms with van der Waals surface area (Å²) in [7, 11) is 0.